The molecule has 2 rings (SSSR count). The Morgan fingerprint density at radius 3 is 2.75 bits per heavy atom. The SMILES string of the molecule is COCCCNc1cc(C(=O)Nc2ccc(Br)cc2C)nc(C)n1. The third-order valence-electron chi connectivity index (χ3n) is 3.34. The maximum atomic E-state index is 12.5. The molecule has 2 aromatic rings. The second-order valence-electron chi connectivity index (χ2n) is 5.37. The molecule has 0 aliphatic carbocycles. The topological polar surface area (TPSA) is 76.1 Å². The number of aromatic nitrogens is 2. The van der Waals surface area contributed by atoms with E-state index in [1.165, 1.54) is 0 Å². The van der Waals surface area contributed by atoms with Crippen LogP contribution in [0.25, 0.3) is 0 Å². The molecule has 2 N–H and O–H groups in total. The minimum atomic E-state index is -0.258. The lowest BCUT2D eigenvalue weighted by Gasteiger charge is -2.10. The van der Waals surface area contributed by atoms with Crippen molar-refractivity contribution in [3.63, 3.8) is 0 Å². The maximum absolute atomic E-state index is 12.5. The predicted molar refractivity (Wildman–Crippen MR) is 98.6 cm³/mol. The molecule has 0 aliphatic rings. The zero-order chi connectivity index (χ0) is 17.5. The van der Waals surface area contributed by atoms with E-state index >= 15 is 0 Å². The highest BCUT2D eigenvalue weighted by molar-refractivity contribution is 9.10. The molecule has 0 saturated heterocycles. The highest BCUT2D eigenvalue weighted by Gasteiger charge is 2.12. The van der Waals surface area contributed by atoms with Crippen molar-refractivity contribution in [1.82, 2.24) is 9.97 Å². The molecule has 128 valence electrons. The summed E-state index contributed by atoms with van der Waals surface area (Å²) in [7, 11) is 1.67. The van der Waals surface area contributed by atoms with Gasteiger partial charge in [0.05, 0.1) is 0 Å². The fraction of sp³-hybridized carbons (Fsp3) is 0.353. The Bertz CT molecular complexity index is 722. The molecule has 0 bridgehead atoms. The van der Waals surface area contributed by atoms with Crippen molar-refractivity contribution in [2.75, 3.05) is 30.9 Å². The first kappa shape index (κ1) is 18.4. The van der Waals surface area contributed by atoms with Crippen molar-refractivity contribution in [3.8, 4) is 0 Å². The standard InChI is InChI=1S/C17H21BrN4O2/c1-11-9-13(18)5-6-14(11)22-17(23)15-10-16(21-12(2)20-15)19-7-4-8-24-3/h5-6,9-10H,4,7-8H2,1-3H3,(H,22,23)(H,19,20,21). The Morgan fingerprint density at radius 1 is 1.25 bits per heavy atom. The first-order valence-corrected chi connectivity index (χ1v) is 8.45. The van der Waals surface area contributed by atoms with Crippen LogP contribution in [0, 0.1) is 13.8 Å². The van der Waals surface area contributed by atoms with Crippen LogP contribution in [0.2, 0.25) is 0 Å². The largest absolute Gasteiger partial charge is 0.385 e. The lowest BCUT2D eigenvalue weighted by molar-refractivity contribution is 0.102. The van der Waals surface area contributed by atoms with Gasteiger partial charge in [0.25, 0.3) is 5.91 Å². The molecule has 24 heavy (non-hydrogen) atoms. The monoisotopic (exact) mass is 392 g/mol. The van der Waals surface area contributed by atoms with Crippen molar-refractivity contribution in [3.05, 3.63) is 45.8 Å². The summed E-state index contributed by atoms with van der Waals surface area (Å²) in [5, 5.41) is 6.07. The second kappa shape index (κ2) is 8.75. The van der Waals surface area contributed by atoms with Crippen LogP contribution in [0.1, 0.15) is 28.3 Å². The molecule has 1 aromatic carbocycles. The molecule has 1 aromatic heterocycles. The number of ether oxygens (including phenoxy) is 1. The number of nitrogens with one attached hydrogen (secondary N) is 2. The van der Waals surface area contributed by atoms with E-state index in [1.54, 1.807) is 20.1 Å². The summed E-state index contributed by atoms with van der Waals surface area (Å²) < 4.78 is 5.98. The number of benzene rings is 1. The highest BCUT2D eigenvalue weighted by Crippen LogP contribution is 2.20. The smallest absolute Gasteiger partial charge is 0.274 e. The fourth-order valence-electron chi connectivity index (χ4n) is 2.16. The molecular weight excluding hydrogens is 372 g/mol. The number of halogens is 1. The summed E-state index contributed by atoms with van der Waals surface area (Å²) in [5.41, 5.74) is 2.06. The Hall–Kier alpha value is -1.99. The maximum Gasteiger partial charge on any atom is 0.274 e. The van der Waals surface area contributed by atoms with Crippen molar-refractivity contribution in [2.24, 2.45) is 0 Å². The van der Waals surface area contributed by atoms with Gasteiger partial charge in [0, 0.05) is 36.5 Å². The number of hydrogen-bond acceptors (Lipinski definition) is 5. The number of rotatable bonds is 7. The first-order valence-electron chi connectivity index (χ1n) is 7.65. The van der Waals surface area contributed by atoms with E-state index in [0.29, 0.717) is 23.9 Å². The average Bonchev–Trinajstić information content (AvgIpc) is 2.53. The molecule has 0 saturated carbocycles. The van der Waals surface area contributed by atoms with Crippen LogP contribution in [0.4, 0.5) is 11.5 Å². The van der Waals surface area contributed by atoms with Crippen LogP contribution in [0.3, 0.4) is 0 Å². The number of amides is 1. The lowest BCUT2D eigenvalue weighted by atomic mass is 10.2. The van der Waals surface area contributed by atoms with Gasteiger partial charge in [0.15, 0.2) is 0 Å². The molecule has 0 fully saturated rings. The van der Waals surface area contributed by atoms with Gasteiger partial charge in [-0.3, -0.25) is 4.79 Å². The number of methoxy groups -OCH3 is 1. The van der Waals surface area contributed by atoms with Gasteiger partial charge in [-0.05, 0) is 44.0 Å². The van der Waals surface area contributed by atoms with E-state index in [4.69, 9.17) is 4.74 Å². The Morgan fingerprint density at radius 2 is 2.04 bits per heavy atom. The Balaban J connectivity index is 2.09. The fourth-order valence-corrected chi connectivity index (χ4v) is 2.64. The minimum Gasteiger partial charge on any atom is -0.385 e. The van der Waals surface area contributed by atoms with E-state index in [-0.39, 0.29) is 5.91 Å². The molecule has 7 heteroatoms. The highest BCUT2D eigenvalue weighted by atomic mass is 79.9. The number of carbonyl (C=O) groups excluding carboxylic acids is 1. The van der Waals surface area contributed by atoms with Crippen molar-refractivity contribution in [1.29, 1.82) is 0 Å². The lowest BCUT2D eigenvalue weighted by Crippen LogP contribution is -2.16. The number of anilines is 2. The van der Waals surface area contributed by atoms with E-state index in [2.05, 4.69) is 36.5 Å². The third kappa shape index (κ3) is 5.28. The summed E-state index contributed by atoms with van der Waals surface area (Å²) in [6.07, 6.45) is 0.860. The van der Waals surface area contributed by atoms with Gasteiger partial charge in [-0.2, -0.15) is 0 Å². The van der Waals surface area contributed by atoms with Crippen LogP contribution < -0.4 is 10.6 Å². The molecule has 1 amide bonds. The molecule has 1 heterocycles. The van der Waals surface area contributed by atoms with Gasteiger partial charge in [-0.15, -0.1) is 0 Å². The molecule has 0 spiro atoms. The van der Waals surface area contributed by atoms with E-state index in [1.807, 2.05) is 25.1 Å². The minimum absolute atomic E-state index is 0.258. The average molecular weight is 393 g/mol. The first-order chi connectivity index (χ1) is 11.5. The van der Waals surface area contributed by atoms with Crippen molar-refractivity contribution in [2.45, 2.75) is 20.3 Å². The zero-order valence-corrected chi connectivity index (χ0v) is 15.6. The van der Waals surface area contributed by atoms with Gasteiger partial charge in [-0.25, -0.2) is 9.97 Å². The normalized spacial score (nSPS) is 10.5. The zero-order valence-electron chi connectivity index (χ0n) is 14.0. The number of aryl methyl sites for hydroxylation is 2. The third-order valence-corrected chi connectivity index (χ3v) is 3.83. The summed E-state index contributed by atoms with van der Waals surface area (Å²) in [4.78, 5) is 21.0. The van der Waals surface area contributed by atoms with E-state index in [0.717, 1.165) is 28.7 Å². The molecule has 0 unspecified atom stereocenters. The van der Waals surface area contributed by atoms with E-state index in [9.17, 15) is 4.79 Å². The molecular formula is C17H21BrN4O2. The van der Waals surface area contributed by atoms with E-state index < -0.39 is 0 Å². The Kier molecular flexibility index (Phi) is 6.69. The van der Waals surface area contributed by atoms with Crippen LogP contribution >= 0.6 is 15.9 Å². The molecule has 6 nitrogen and oxygen atoms in total. The van der Waals surface area contributed by atoms with Gasteiger partial charge >= 0.3 is 0 Å². The van der Waals surface area contributed by atoms with Crippen LogP contribution in [0.5, 0.6) is 0 Å². The molecule has 0 aliphatic heterocycles. The summed E-state index contributed by atoms with van der Waals surface area (Å²) >= 11 is 3.41. The summed E-state index contributed by atoms with van der Waals surface area (Å²) in [6.45, 7) is 5.10. The summed E-state index contributed by atoms with van der Waals surface area (Å²) in [5.74, 6) is 0.923. The van der Waals surface area contributed by atoms with Crippen LogP contribution in [0.15, 0.2) is 28.7 Å². The Labute approximate surface area is 150 Å². The quantitative estimate of drug-likeness (QED) is 0.704. The van der Waals surface area contributed by atoms with Gasteiger partial charge in [-0.1, -0.05) is 15.9 Å². The number of nitrogens with zero attached hydrogens (tertiary/aromatic N) is 2. The van der Waals surface area contributed by atoms with Gasteiger partial charge < -0.3 is 15.4 Å². The predicted octanol–water partition coefficient (Wildman–Crippen LogP) is 3.56. The van der Waals surface area contributed by atoms with Crippen LogP contribution in [-0.2, 0) is 4.74 Å². The number of carbonyl (C=O) groups is 1. The van der Waals surface area contributed by atoms with Crippen molar-refractivity contribution < 1.29 is 9.53 Å². The molecule has 0 atom stereocenters. The number of hydrogen-bond donors (Lipinski definition) is 2. The second-order valence-corrected chi connectivity index (χ2v) is 6.29. The molecule has 0 radical (unpaired) electrons. The summed E-state index contributed by atoms with van der Waals surface area (Å²) in [6, 6.07) is 7.35. The van der Waals surface area contributed by atoms with Crippen LogP contribution in [-0.4, -0.2) is 36.1 Å². The van der Waals surface area contributed by atoms with Gasteiger partial charge in [0.1, 0.15) is 17.3 Å². The van der Waals surface area contributed by atoms with Gasteiger partial charge in [0.2, 0.25) is 0 Å². The van der Waals surface area contributed by atoms with Crippen molar-refractivity contribution >= 4 is 33.3 Å².